The summed E-state index contributed by atoms with van der Waals surface area (Å²) < 4.78 is 0. The number of halogens is 1. The normalized spacial score (nSPS) is 23.6. The molecule has 0 spiro atoms. The highest BCUT2D eigenvalue weighted by atomic mass is 35.5. The molecular weight excluding hydrogens is 256 g/mol. The van der Waals surface area contributed by atoms with Gasteiger partial charge in [-0.15, -0.1) is 0 Å². The van der Waals surface area contributed by atoms with E-state index in [0.717, 1.165) is 35.8 Å². The third-order valence-corrected chi connectivity index (χ3v) is 4.46. The quantitative estimate of drug-likeness (QED) is 0.867. The summed E-state index contributed by atoms with van der Waals surface area (Å²) in [6.07, 6.45) is 5.48. The first-order valence-electron chi connectivity index (χ1n) is 7.35. The maximum atomic E-state index is 5.97. The van der Waals surface area contributed by atoms with Crippen LogP contribution >= 0.6 is 11.6 Å². The SMILES string of the molecule is CC1CCC(N(C)CCNc2cccc(Cl)c2)CC1. The van der Waals surface area contributed by atoms with Crippen LogP contribution in [0.4, 0.5) is 5.69 Å². The molecule has 1 fully saturated rings. The fraction of sp³-hybridized carbons (Fsp3) is 0.625. The highest BCUT2D eigenvalue weighted by Crippen LogP contribution is 2.26. The second-order valence-corrected chi connectivity index (χ2v) is 6.27. The van der Waals surface area contributed by atoms with Gasteiger partial charge in [0, 0.05) is 29.8 Å². The van der Waals surface area contributed by atoms with Crippen LogP contribution < -0.4 is 5.32 Å². The van der Waals surface area contributed by atoms with Crippen molar-refractivity contribution in [2.75, 3.05) is 25.5 Å². The number of benzene rings is 1. The molecule has 0 heterocycles. The molecule has 0 aromatic heterocycles. The predicted molar refractivity (Wildman–Crippen MR) is 84.0 cm³/mol. The van der Waals surface area contributed by atoms with E-state index in [1.165, 1.54) is 25.7 Å². The van der Waals surface area contributed by atoms with Crippen LogP contribution in [0.1, 0.15) is 32.6 Å². The largest absolute Gasteiger partial charge is 0.384 e. The number of anilines is 1. The Morgan fingerprint density at radius 2 is 2.00 bits per heavy atom. The van der Waals surface area contributed by atoms with Crippen molar-refractivity contribution < 1.29 is 0 Å². The monoisotopic (exact) mass is 280 g/mol. The zero-order chi connectivity index (χ0) is 13.7. The fourth-order valence-electron chi connectivity index (χ4n) is 2.84. The molecule has 0 radical (unpaired) electrons. The van der Waals surface area contributed by atoms with Crippen LogP contribution in [0.2, 0.25) is 5.02 Å². The number of nitrogens with zero attached hydrogens (tertiary/aromatic N) is 1. The predicted octanol–water partition coefficient (Wildman–Crippen LogP) is 4.26. The molecule has 1 aliphatic carbocycles. The van der Waals surface area contributed by atoms with Crippen LogP contribution in [0.5, 0.6) is 0 Å². The summed E-state index contributed by atoms with van der Waals surface area (Å²) in [6, 6.07) is 8.70. The first-order valence-corrected chi connectivity index (χ1v) is 7.72. The van der Waals surface area contributed by atoms with Gasteiger partial charge >= 0.3 is 0 Å². The van der Waals surface area contributed by atoms with E-state index in [2.05, 4.69) is 30.3 Å². The zero-order valence-electron chi connectivity index (χ0n) is 12.0. The first kappa shape index (κ1) is 14.7. The molecule has 0 saturated heterocycles. The molecule has 1 aromatic rings. The minimum absolute atomic E-state index is 0.775. The molecule has 1 aliphatic rings. The number of hydrogen-bond acceptors (Lipinski definition) is 2. The molecule has 0 atom stereocenters. The molecule has 0 unspecified atom stereocenters. The van der Waals surface area contributed by atoms with Gasteiger partial charge in [0.2, 0.25) is 0 Å². The summed E-state index contributed by atoms with van der Waals surface area (Å²) in [7, 11) is 2.25. The van der Waals surface area contributed by atoms with Gasteiger partial charge in [-0.25, -0.2) is 0 Å². The number of hydrogen-bond donors (Lipinski definition) is 1. The Bertz CT molecular complexity index is 386. The molecule has 0 aliphatic heterocycles. The summed E-state index contributed by atoms with van der Waals surface area (Å²) in [4.78, 5) is 2.50. The van der Waals surface area contributed by atoms with Crippen molar-refractivity contribution in [3.8, 4) is 0 Å². The van der Waals surface area contributed by atoms with Gasteiger partial charge in [0.1, 0.15) is 0 Å². The van der Waals surface area contributed by atoms with Crippen molar-refractivity contribution in [1.82, 2.24) is 4.90 Å². The lowest BCUT2D eigenvalue weighted by atomic mass is 9.87. The molecule has 2 nitrogen and oxygen atoms in total. The second-order valence-electron chi connectivity index (χ2n) is 5.83. The van der Waals surface area contributed by atoms with Crippen LogP contribution in [0.3, 0.4) is 0 Å². The third kappa shape index (κ3) is 4.70. The molecule has 3 heteroatoms. The molecule has 1 N–H and O–H groups in total. The van der Waals surface area contributed by atoms with Gasteiger partial charge in [-0.2, -0.15) is 0 Å². The van der Waals surface area contributed by atoms with Crippen molar-refractivity contribution in [3.63, 3.8) is 0 Å². The molecule has 1 aromatic carbocycles. The third-order valence-electron chi connectivity index (χ3n) is 4.23. The Kier molecular flexibility index (Phi) is 5.53. The topological polar surface area (TPSA) is 15.3 Å². The van der Waals surface area contributed by atoms with Gasteiger partial charge in [0.25, 0.3) is 0 Å². The molecular formula is C16H25ClN2. The Morgan fingerprint density at radius 3 is 2.68 bits per heavy atom. The van der Waals surface area contributed by atoms with Crippen LogP contribution in [-0.4, -0.2) is 31.1 Å². The van der Waals surface area contributed by atoms with Crippen LogP contribution in [0.25, 0.3) is 0 Å². The van der Waals surface area contributed by atoms with Crippen molar-refractivity contribution in [3.05, 3.63) is 29.3 Å². The van der Waals surface area contributed by atoms with Gasteiger partial charge in [-0.3, -0.25) is 0 Å². The average molecular weight is 281 g/mol. The van der Waals surface area contributed by atoms with Crippen LogP contribution in [0.15, 0.2) is 24.3 Å². The number of rotatable bonds is 5. The molecule has 0 bridgehead atoms. The fourth-order valence-corrected chi connectivity index (χ4v) is 3.03. The number of likely N-dealkylation sites (N-methyl/N-ethyl adjacent to an activating group) is 1. The maximum absolute atomic E-state index is 5.97. The Balaban J connectivity index is 1.70. The van der Waals surface area contributed by atoms with Gasteiger partial charge in [0.05, 0.1) is 0 Å². The van der Waals surface area contributed by atoms with E-state index in [4.69, 9.17) is 11.6 Å². The average Bonchev–Trinajstić information content (AvgIpc) is 2.39. The van der Waals surface area contributed by atoms with Gasteiger partial charge in [0.15, 0.2) is 0 Å². The van der Waals surface area contributed by atoms with Gasteiger partial charge in [-0.05, 0) is 56.8 Å². The molecule has 1 saturated carbocycles. The maximum Gasteiger partial charge on any atom is 0.0426 e. The van der Waals surface area contributed by atoms with E-state index in [1.807, 2.05) is 18.2 Å². The first-order chi connectivity index (χ1) is 9.15. The van der Waals surface area contributed by atoms with Crippen molar-refractivity contribution in [2.45, 2.75) is 38.6 Å². The van der Waals surface area contributed by atoms with Crippen molar-refractivity contribution in [2.24, 2.45) is 5.92 Å². The molecule has 2 rings (SSSR count). The summed E-state index contributed by atoms with van der Waals surface area (Å²) in [5.41, 5.74) is 1.11. The van der Waals surface area contributed by atoms with Gasteiger partial charge < -0.3 is 10.2 Å². The van der Waals surface area contributed by atoms with Crippen molar-refractivity contribution in [1.29, 1.82) is 0 Å². The smallest absolute Gasteiger partial charge is 0.0426 e. The minimum atomic E-state index is 0.775. The highest BCUT2D eigenvalue weighted by molar-refractivity contribution is 6.30. The van der Waals surface area contributed by atoms with Crippen molar-refractivity contribution >= 4 is 17.3 Å². The lowest BCUT2D eigenvalue weighted by Gasteiger charge is -2.33. The standard InChI is InChI=1S/C16H25ClN2/c1-13-6-8-16(9-7-13)19(2)11-10-18-15-5-3-4-14(17)12-15/h3-5,12-13,16,18H,6-11H2,1-2H3. The van der Waals surface area contributed by atoms with E-state index in [-0.39, 0.29) is 0 Å². The molecule has 106 valence electrons. The Morgan fingerprint density at radius 1 is 1.26 bits per heavy atom. The number of nitrogens with one attached hydrogen (secondary N) is 1. The summed E-state index contributed by atoms with van der Waals surface area (Å²) in [6.45, 7) is 4.44. The molecule has 19 heavy (non-hydrogen) atoms. The highest BCUT2D eigenvalue weighted by Gasteiger charge is 2.21. The summed E-state index contributed by atoms with van der Waals surface area (Å²) >= 11 is 5.97. The van der Waals surface area contributed by atoms with E-state index in [9.17, 15) is 0 Å². The van der Waals surface area contributed by atoms with E-state index in [1.54, 1.807) is 0 Å². The summed E-state index contributed by atoms with van der Waals surface area (Å²) in [5, 5.41) is 4.23. The Hall–Kier alpha value is -0.730. The Labute approximate surface area is 122 Å². The lowest BCUT2D eigenvalue weighted by Crippen LogP contribution is -2.37. The lowest BCUT2D eigenvalue weighted by molar-refractivity contribution is 0.175. The van der Waals surface area contributed by atoms with E-state index in [0.29, 0.717) is 0 Å². The van der Waals surface area contributed by atoms with E-state index < -0.39 is 0 Å². The summed E-state index contributed by atoms with van der Waals surface area (Å²) in [5.74, 6) is 0.925. The van der Waals surface area contributed by atoms with Crippen LogP contribution in [-0.2, 0) is 0 Å². The second kappa shape index (κ2) is 7.16. The minimum Gasteiger partial charge on any atom is -0.384 e. The van der Waals surface area contributed by atoms with Gasteiger partial charge in [-0.1, -0.05) is 24.6 Å². The molecule has 0 amide bonds. The van der Waals surface area contributed by atoms with E-state index >= 15 is 0 Å². The zero-order valence-corrected chi connectivity index (χ0v) is 12.8. The van der Waals surface area contributed by atoms with Crippen LogP contribution in [0, 0.1) is 5.92 Å².